The lowest BCUT2D eigenvalue weighted by Gasteiger charge is -2.12. The lowest BCUT2D eigenvalue weighted by atomic mass is 10.2. The van der Waals surface area contributed by atoms with Crippen molar-refractivity contribution in [3.8, 4) is 5.69 Å². The maximum atomic E-state index is 12.7. The van der Waals surface area contributed by atoms with Crippen molar-refractivity contribution in [2.45, 2.75) is 26.7 Å². The first kappa shape index (κ1) is 22.2. The predicted molar refractivity (Wildman–Crippen MR) is 119 cm³/mol. The van der Waals surface area contributed by atoms with Crippen LogP contribution < -0.4 is 10.7 Å². The summed E-state index contributed by atoms with van der Waals surface area (Å²) >= 11 is 6.24. The first-order valence-electron chi connectivity index (χ1n) is 9.85. The average molecular weight is 440 g/mol. The number of carbonyl (C=O) groups is 2. The molecule has 3 aromatic rings. The number of halogens is 1. The number of unbranched alkanes of at least 4 members (excludes halogenated alkanes) is 1. The molecule has 1 amide bonds. The van der Waals surface area contributed by atoms with Gasteiger partial charge in [-0.15, -0.1) is 0 Å². The van der Waals surface area contributed by atoms with Gasteiger partial charge >= 0.3 is 5.97 Å². The molecule has 2 aromatic carbocycles. The summed E-state index contributed by atoms with van der Waals surface area (Å²) < 4.78 is 6.61. The minimum Gasteiger partial charge on any atom is -0.462 e. The van der Waals surface area contributed by atoms with E-state index in [4.69, 9.17) is 16.3 Å². The third kappa shape index (κ3) is 5.38. The van der Waals surface area contributed by atoms with Gasteiger partial charge in [0, 0.05) is 17.4 Å². The molecular weight excluding hydrogens is 418 g/mol. The van der Waals surface area contributed by atoms with Gasteiger partial charge in [-0.25, -0.2) is 9.48 Å². The van der Waals surface area contributed by atoms with Crippen molar-refractivity contribution in [2.75, 3.05) is 11.9 Å². The van der Waals surface area contributed by atoms with Crippen LogP contribution in [0.3, 0.4) is 0 Å². The van der Waals surface area contributed by atoms with Crippen LogP contribution in [0.1, 0.15) is 46.3 Å². The van der Waals surface area contributed by atoms with E-state index in [1.165, 1.54) is 10.7 Å². The Bertz CT molecular complexity index is 1160. The van der Waals surface area contributed by atoms with E-state index in [0.717, 1.165) is 12.8 Å². The number of benzene rings is 2. The van der Waals surface area contributed by atoms with Gasteiger partial charge in [0.2, 0.25) is 5.43 Å². The number of para-hydroxylation sites is 1. The van der Waals surface area contributed by atoms with Crippen molar-refractivity contribution in [2.24, 2.45) is 0 Å². The van der Waals surface area contributed by atoms with Crippen LogP contribution in [0.4, 0.5) is 5.69 Å². The molecule has 3 rings (SSSR count). The van der Waals surface area contributed by atoms with Crippen LogP contribution in [-0.4, -0.2) is 28.3 Å². The fourth-order valence-corrected chi connectivity index (χ4v) is 3.06. The monoisotopic (exact) mass is 439 g/mol. The number of rotatable bonds is 7. The number of carbonyl (C=O) groups excluding carboxylic acids is 2. The first-order valence-corrected chi connectivity index (χ1v) is 10.2. The van der Waals surface area contributed by atoms with Gasteiger partial charge in [-0.05, 0) is 49.7 Å². The molecule has 0 aliphatic rings. The molecule has 0 radical (unpaired) electrons. The van der Waals surface area contributed by atoms with Gasteiger partial charge in [0.25, 0.3) is 5.91 Å². The van der Waals surface area contributed by atoms with Gasteiger partial charge in [-0.3, -0.25) is 9.59 Å². The summed E-state index contributed by atoms with van der Waals surface area (Å²) in [5, 5.41) is 7.29. The zero-order chi connectivity index (χ0) is 22.4. The lowest BCUT2D eigenvalue weighted by molar-refractivity contribution is 0.0499. The highest BCUT2D eigenvalue weighted by atomic mass is 35.5. The Hall–Kier alpha value is -3.45. The number of esters is 1. The van der Waals surface area contributed by atoms with E-state index in [2.05, 4.69) is 10.4 Å². The first-order chi connectivity index (χ1) is 14.9. The molecule has 1 heterocycles. The van der Waals surface area contributed by atoms with E-state index in [9.17, 15) is 14.4 Å². The van der Waals surface area contributed by atoms with Crippen molar-refractivity contribution in [3.05, 3.63) is 86.8 Å². The molecule has 1 aromatic heterocycles. The van der Waals surface area contributed by atoms with E-state index < -0.39 is 17.3 Å². The molecule has 0 bridgehead atoms. The van der Waals surface area contributed by atoms with E-state index in [1.807, 2.05) is 6.92 Å². The summed E-state index contributed by atoms with van der Waals surface area (Å²) in [7, 11) is 0. The van der Waals surface area contributed by atoms with Gasteiger partial charge in [0.1, 0.15) is 0 Å². The second kappa shape index (κ2) is 10.0. The van der Waals surface area contributed by atoms with Gasteiger partial charge in [0.15, 0.2) is 5.69 Å². The van der Waals surface area contributed by atoms with Gasteiger partial charge in [-0.2, -0.15) is 5.10 Å². The fraction of sp³-hybridized carbons (Fsp3) is 0.217. The number of ether oxygens (including phenoxy) is 1. The van der Waals surface area contributed by atoms with Crippen LogP contribution in [0.5, 0.6) is 0 Å². The molecule has 0 unspecified atom stereocenters. The third-order valence-corrected chi connectivity index (χ3v) is 4.83. The van der Waals surface area contributed by atoms with E-state index in [-0.39, 0.29) is 5.69 Å². The molecule has 0 aliphatic carbocycles. The SMILES string of the molecule is CCCCOC(=O)c1ccc(NC(=O)c2nn(-c3ccccc3Cl)c(C)cc2=O)cc1. The second-order valence-electron chi connectivity index (χ2n) is 6.88. The lowest BCUT2D eigenvalue weighted by Crippen LogP contribution is -2.27. The van der Waals surface area contributed by atoms with Crippen LogP contribution in [0.2, 0.25) is 5.02 Å². The van der Waals surface area contributed by atoms with Crippen LogP contribution >= 0.6 is 11.6 Å². The predicted octanol–water partition coefficient (Wildman–Crippen LogP) is 4.40. The Kier molecular flexibility index (Phi) is 7.20. The molecule has 0 saturated carbocycles. The highest BCUT2D eigenvalue weighted by Gasteiger charge is 2.17. The molecule has 8 heteroatoms. The van der Waals surface area contributed by atoms with Gasteiger partial charge < -0.3 is 10.1 Å². The van der Waals surface area contributed by atoms with Crippen LogP contribution in [0.15, 0.2) is 59.4 Å². The smallest absolute Gasteiger partial charge is 0.338 e. The van der Waals surface area contributed by atoms with Gasteiger partial charge in [-0.1, -0.05) is 37.1 Å². The molecule has 7 nitrogen and oxygen atoms in total. The summed E-state index contributed by atoms with van der Waals surface area (Å²) in [6.45, 7) is 4.08. The highest BCUT2D eigenvalue weighted by Crippen LogP contribution is 2.20. The number of aromatic nitrogens is 2. The number of nitrogens with one attached hydrogen (secondary N) is 1. The maximum Gasteiger partial charge on any atom is 0.338 e. The highest BCUT2D eigenvalue weighted by molar-refractivity contribution is 6.32. The summed E-state index contributed by atoms with van der Waals surface area (Å²) in [5.74, 6) is -1.08. The molecule has 1 N–H and O–H groups in total. The van der Waals surface area contributed by atoms with Crippen LogP contribution in [0, 0.1) is 6.92 Å². The Morgan fingerprint density at radius 3 is 2.52 bits per heavy atom. The molecule has 160 valence electrons. The van der Waals surface area contributed by atoms with Gasteiger partial charge in [0.05, 0.1) is 22.9 Å². The number of aryl methyl sites for hydroxylation is 1. The van der Waals surface area contributed by atoms with Crippen molar-refractivity contribution in [3.63, 3.8) is 0 Å². The Morgan fingerprint density at radius 2 is 1.84 bits per heavy atom. The minimum absolute atomic E-state index is 0.270. The summed E-state index contributed by atoms with van der Waals surface area (Å²) in [6.07, 6.45) is 1.73. The van der Waals surface area contributed by atoms with E-state index >= 15 is 0 Å². The fourth-order valence-electron chi connectivity index (χ4n) is 2.84. The van der Waals surface area contributed by atoms with Crippen molar-refractivity contribution in [1.29, 1.82) is 0 Å². The summed E-state index contributed by atoms with van der Waals surface area (Å²) in [5.41, 5.74) is 1.12. The summed E-state index contributed by atoms with van der Waals surface area (Å²) in [4.78, 5) is 37.1. The number of hydrogen-bond acceptors (Lipinski definition) is 5. The quantitative estimate of drug-likeness (QED) is 0.435. The van der Waals surface area contributed by atoms with Crippen LogP contribution in [0.25, 0.3) is 5.69 Å². The molecular formula is C23H22ClN3O4. The average Bonchev–Trinajstić information content (AvgIpc) is 2.75. The Labute approximate surface area is 184 Å². The Morgan fingerprint density at radius 1 is 1.13 bits per heavy atom. The molecule has 0 fully saturated rings. The summed E-state index contributed by atoms with van der Waals surface area (Å²) in [6, 6.07) is 14.6. The second-order valence-corrected chi connectivity index (χ2v) is 7.29. The molecule has 0 saturated heterocycles. The zero-order valence-corrected chi connectivity index (χ0v) is 18.0. The number of hydrogen-bond donors (Lipinski definition) is 1. The molecule has 0 atom stereocenters. The molecule has 31 heavy (non-hydrogen) atoms. The standard InChI is InChI=1S/C23H22ClN3O4/c1-3-4-13-31-23(30)16-9-11-17(12-10-16)25-22(29)21-20(28)14-15(2)27(26-21)19-8-6-5-7-18(19)24/h5-12,14H,3-4,13H2,1-2H3,(H,25,29). The number of amides is 1. The largest absolute Gasteiger partial charge is 0.462 e. The maximum absolute atomic E-state index is 12.7. The minimum atomic E-state index is -0.663. The molecule has 0 aliphatic heterocycles. The number of nitrogens with zero attached hydrogens (tertiary/aromatic N) is 2. The topological polar surface area (TPSA) is 90.3 Å². The van der Waals surface area contributed by atoms with Crippen LogP contribution in [-0.2, 0) is 4.74 Å². The Balaban J connectivity index is 1.79. The molecule has 0 spiro atoms. The van der Waals surface area contributed by atoms with Crippen molar-refractivity contribution in [1.82, 2.24) is 9.78 Å². The van der Waals surface area contributed by atoms with E-state index in [0.29, 0.717) is 34.3 Å². The van der Waals surface area contributed by atoms with Crippen molar-refractivity contribution < 1.29 is 14.3 Å². The van der Waals surface area contributed by atoms with E-state index in [1.54, 1.807) is 55.5 Å². The number of anilines is 1. The third-order valence-electron chi connectivity index (χ3n) is 4.51. The normalized spacial score (nSPS) is 10.5. The van der Waals surface area contributed by atoms with Crippen molar-refractivity contribution >= 4 is 29.2 Å². The zero-order valence-electron chi connectivity index (χ0n) is 17.2.